The molecule has 0 radical (unpaired) electrons. The first-order chi connectivity index (χ1) is 14.9. The van der Waals surface area contributed by atoms with Crippen molar-refractivity contribution in [3.63, 3.8) is 0 Å². The Morgan fingerprint density at radius 2 is 1.68 bits per heavy atom. The van der Waals surface area contributed by atoms with Crippen molar-refractivity contribution in [2.24, 2.45) is 0 Å². The monoisotopic (exact) mass is 424 g/mol. The van der Waals surface area contributed by atoms with E-state index in [1.54, 1.807) is 14.2 Å². The number of aryl methyl sites for hydroxylation is 2. The van der Waals surface area contributed by atoms with Crippen molar-refractivity contribution >= 4 is 23.2 Å². The number of piperazine rings is 1. The molecule has 0 saturated carbocycles. The van der Waals surface area contributed by atoms with Crippen molar-refractivity contribution in [3.05, 3.63) is 53.6 Å². The minimum Gasteiger partial charge on any atom is -0.497 e. The number of ether oxygens (including phenoxy) is 1. The quantitative estimate of drug-likeness (QED) is 0.740. The molecule has 31 heavy (non-hydrogen) atoms. The van der Waals surface area contributed by atoms with Crippen LogP contribution in [-0.2, 0) is 9.59 Å². The van der Waals surface area contributed by atoms with Gasteiger partial charge in [0.25, 0.3) is 0 Å². The molecule has 0 atom stereocenters. The molecule has 7 nitrogen and oxygen atoms in total. The Hall–Kier alpha value is -3.06. The van der Waals surface area contributed by atoms with Gasteiger partial charge in [0.2, 0.25) is 11.8 Å². The number of para-hydroxylation sites is 1. The van der Waals surface area contributed by atoms with Gasteiger partial charge in [-0.1, -0.05) is 24.3 Å². The Morgan fingerprint density at radius 3 is 2.32 bits per heavy atom. The van der Waals surface area contributed by atoms with E-state index in [0.717, 1.165) is 54.4 Å². The van der Waals surface area contributed by atoms with Crippen LogP contribution in [0.1, 0.15) is 11.1 Å². The predicted octanol–water partition coefficient (Wildman–Crippen LogP) is 2.53. The van der Waals surface area contributed by atoms with Crippen LogP contribution in [0, 0.1) is 13.8 Å². The molecule has 7 heteroatoms. The number of carbonyl (C=O) groups is 2. The molecule has 1 saturated heterocycles. The molecule has 3 rings (SSSR count). The summed E-state index contributed by atoms with van der Waals surface area (Å²) < 4.78 is 5.31. The van der Waals surface area contributed by atoms with E-state index in [4.69, 9.17) is 4.74 Å². The van der Waals surface area contributed by atoms with Crippen LogP contribution >= 0.6 is 0 Å². The van der Waals surface area contributed by atoms with E-state index in [-0.39, 0.29) is 18.4 Å². The van der Waals surface area contributed by atoms with Crippen molar-refractivity contribution in [1.29, 1.82) is 0 Å². The average molecular weight is 425 g/mol. The maximum atomic E-state index is 12.6. The summed E-state index contributed by atoms with van der Waals surface area (Å²) in [5.41, 5.74) is 3.97. The summed E-state index contributed by atoms with van der Waals surface area (Å²) in [5, 5.41) is 2.94. The van der Waals surface area contributed by atoms with Crippen molar-refractivity contribution in [1.82, 2.24) is 9.80 Å². The number of anilines is 2. The summed E-state index contributed by atoms with van der Waals surface area (Å²) in [6.07, 6.45) is 0. The van der Waals surface area contributed by atoms with E-state index in [9.17, 15) is 9.59 Å². The first-order valence-electron chi connectivity index (χ1n) is 10.6. The van der Waals surface area contributed by atoms with Crippen LogP contribution in [0.4, 0.5) is 11.4 Å². The molecule has 2 aromatic rings. The third kappa shape index (κ3) is 5.98. The summed E-state index contributed by atoms with van der Waals surface area (Å²) in [5.74, 6) is 0.610. The molecule has 1 aliphatic rings. The lowest BCUT2D eigenvalue weighted by atomic mass is 10.1. The van der Waals surface area contributed by atoms with Gasteiger partial charge in [0.15, 0.2) is 0 Å². The first-order valence-corrected chi connectivity index (χ1v) is 10.6. The second kappa shape index (κ2) is 10.3. The molecule has 1 heterocycles. The third-order valence-electron chi connectivity index (χ3n) is 5.70. The van der Waals surface area contributed by atoms with Crippen LogP contribution in [-0.4, -0.2) is 75.0 Å². The third-order valence-corrected chi connectivity index (χ3v) is 5.70. The van der Waals surface area contributed by atoms with Crippen LogP contribution in [0.5, 0.6) is 5.75 Å². The summed E-state index contributed by atoms with van der Waals surface area (Å²) in [6.45, 7) is 7.56. The van der Waals surface area contributed by atoms with Gasteiger partial charge >= 0.3 is 0 Å². The average Bonchev–Trinajstić information content (AvgIpc) is 2.77. The number of nitrogens with zero attached hydrogens (tertiary/aromatic N) is 3. The maximum absolute atomic E-state index is 12.6. The standard InChI is InChI=1S/C24H32N4O3/c1-18-7-5-8-19(2)24(18)25-22(29)16-26(3)23(30)17-27-11-13-28(14-12-27)20-9-6-10-21(15-20)31-4/h5-10,15H,11-14,16-17H2,1-4H3,(H,25,29). The SMILES string of the molecule is COc1cccc(N2CCN(CC(=O)N(C)CC(=O)Nc3c(C)cccc3C)CC2)c1. The second-order valence-corrected chi connectivity index (χ2v) is 8.03. The topological polar surface area (TPSA) is 65.1 Å². The fourth-order valence-electron chi connectivity index (χ4n) is 3.78. The van der Waals surface area contributed by atoms with Crippen molar-refractivity contribution in [3.8, 4) is 5.75 Å². The Kier molecular flexibility index (Phi) is 7.52. The number of rotatable bonds is 7. The van der Waals surface area contributed by atoms with E-state index in [1.807, 2.05) is 50.2 Å². The number of hydrogen-bond donors (Lipinski definition) is 1. The zero-order valence-electron chi connectivity index (χ0n) is 18.9. The van der Waals surface area contributed by atoms with Gasteiger partial charge < -0.3 is 19.9 Å². The van der Waals surface area contributed by atoms with Crippen LogP contribution in [0.25, 0.3) is 0 Å². The van der Waals surface area contributed by atoms with Gasteiger partial charge in [0, 0.05) is 50.7 Å². The lowest BCUT2D eigenvalue weighted by Crippen LogP contribution is -2.50. The molecule has 166 valence electrons. The largest absolute Gasteiger partial charge is 0.497 e. The van der Waals surface area contributed by atoms with Crippen LogP contribution in [0.15, 0.2) is 42.5 Å². The molecule has 0 aliphatic carbocycles. The predicted molar refractivity (Wildman–Crippen MR) is 124 cm³/mol. The molecule has 1 fully saturated rings. The van der Waals surface area contributed by atoms with E-state index in [0.29, 0.717) is 6.54 Å². The minimum absolute atomic E-state index is 0.0381. The van der Waals surface area contributed by atoms with E-state index < -0.39 is 0 Å². The molecular formula is C24H32N4O3. The van der Waals surface area contributed by atoms with Gasteiger partial charge in [-0.2, -0.15) is 0 Å². The molecular weight excluding hydrogens is 392 g/mol. The van der Waals surface area contributed by atoms with E-state index in [1.165, 1.54) is 4.90 Å². The van der Waals surface area contributed by atoms with Crippen LogP contribution < -0.4 is 15.0 Å². The molecule has 0 unspecified atom stereocenters. The molecule has 1 N–H and O–H groups in total. The van der Waals surface area contributed by atoms with E-state index in [2.05, 4.69) is 21.2 Å². The summed E-state index contributed by atoms with van der Waals surface area (Å²) >= 11 is 0. The lowest BCUT2D eigenvalue weighted by Gasteiger charge is -2.36. The minimum atomic E-state index is -0.184. The van der Waals surface area contributed by atoms with Crippen molar-refractivity contribution in [2.45, 2.75) is 13.8 Å². The van der Waals surface area contributed by atoms with Crippen molar-refractivity contribution < 1.29 is 14.3 Å². The fourth-order valence-corrected chi connectivity index (χ4v) is 3.78. The number of likely N-dealkylation sites (N-methyl/N-ethyl adjacent to an activating group) is 1. The number of methoxy groups -OCH3 is 1. The highest BCUT2D eigenvalue weighted by molar-refractivity contribution is 5.95. The molecule has 0 spiro atoms. The number of hydrogen-bond acceptors (Lipinski definition) is 5. The van der Waals surface area contributed by atoms with Gasteiger partial charge in [0.05, 0.1) is 20.2 Å². The normalized spacial score (nSPS) is 14.3. The number of benzene rings is 2. The highest BCUT2D eigenvalue weighted by Crippen LogP contribution is 2.22. The molecule has 0 bridgehead atoms. The van der Waals surface area contributed by atoms with Gasteiger partial charge in [0.1, 0.15) is 5.75 Å². The lowest BCUT2D eigenvalue weighted by molar-refractivity contribution is -0.134. The first kappa shape index (κ1) is 22.6. The Bertz CT molecular complexity index is 903. The smallest absolute Gasteiger partial charge is 0.243 e. The fraction of sp³-hybridized carbons (Fsp3) is 0.417. The maximum Gasteiger partial charge on any atom is 0.243 e. The second-order valence-electron chi connectivity index (χ2n) is 8.03. The summed E-state index contributed by atoms with van der Waals surface area (Å²) in [7, 11) is 3.35. The van der Waals surface area contributed by atoms with Gasteiger partial charge in [-0.3, -0.25) is 14.5 Å². The zero-order chi connectivity index (χ0) is 22.4. The summed E-state index contributed by atoms with van der Waals surface area (Å²) in [6, 6.07) is 13.9. The molecule has 0 aromatic heterocycles. The highest BCUT2D eigenvalue weighted by atomic mass is 16.5. The van der Waals surface area contributed by atoms with Gasteiger partial charge in [-0.25, -0.2) is 0 Å². The van der Waals surface area contributed by atoms with Gasteiger partial charge in [-0.05, 0) is 37.1 Å². The number of carbonyl (C=O) groups excluding carboxylic acids is 2. The summed E-state index contributed by atoms with van der Waals surface area (Å²) in [4.78, 5) is 31.0. The number of amides is 2. The Balaban J connectivity index is 1.46. The van der Waals surface area contributed by atoms with Crippen molar-refractivity contribution in [2.75, 3.05) is 63.6 Å². The highest BCUT2D eigenvalue weighted by Gasteiger charge is 2.22. The Labute approximate surface area is 184 Å². The van der Waals surface area contributed by atoms with Crippen LogP contribution in [0.2, 0.25) is 0 Å². The van der Waals surface area contributed by atoms with E-state index >= 15 is 0 Å². The Morgan fingerprint density at radius 1 is 1.03 bits per heavy atom. The molecule has 2 aromatic carbocycles. The zero-order valence-corrected chi connectivity index (χ0v) is 18.9. The molecule has 2 amide bonds. The molecule has 1 aliphatic heterocycles. The van der Waals surface area contributed by atoms with Gasteiger partial charge in [-0.15, -0.1) is 0 Å². The van der Waals surface area contributed by atoms with Crippen LogP contribution in [0.3, 0.4) is 0 Å². The number of nitrogens with one attached hydrogen (secondary N) is 1.